The Labute approximate surface area is 697 Å². The second-order valence-corrected chi connectivity index (χ2v) is 31.9. The normalized spacial score (nSPS) is 10.9. The van der Waals surface area contributed by atoms with Crippen LogP contribution in [0.2, 0.25) is 29.9 Å². The molecule has 0 aliphatic carbocycles. The summed E-state index contributed by atoms with van der Waals surface area (Å²) < 4.78 is 355. The number of carbonyl (C=O) groups is 5. The minimum atomic E-state index is -5.39. The number of halogens is 27. The monoisotopic (exact) mass is 1870 g/mol. The van der Waals surface area contributed by atoms with E-state index in [1.165, 1.54) is 80.8 Å². The van der Waals surface area contributed by atoms with Crippen molar-refractivity contribution in [2.24, 2.45) is 0 Å². The van der Waals surface area contributed by atoms with Gasteiger partial charge in [-0.1, -0.05) is 30.6 Å². The van der Waals surface area contributed by atoms with Crippen LogP contribution in [0.25, 0.3) is 0 Å². The molecule has 0 atom stereocenters. The Morgan fingerprint density at radius 2 is 0.626 bits per heavy atom. The molecule has 5 heterocycles. The Hall–Kier alpha value is -12.2. The smallest absolute Gasteiger partial charge is 0.522 e. The third kappa shape index (κ3) is 31.6. The molecule has 5 aromatic heterocycles. The van der Waals surface area contributed by atoms with Crippen LogP contribution >= 0.6 is 23.2 Å². The van der Waals surface area contributed by atoms with Gasteiger partial charge in [0, 0.05) is 73.4 Å². The molecule has 0 aliphatic heterocycles. The number of rotatable bonds is 13. The van der Waals surface area contributed by atoms with E-state index >= 15 is 0 Å². The molecular weight excluding hydrogens is 1820 g/mol. The summed E-state index contributed by atoms with van der Waals surface area (Å²) in [7, 11) is 2.98. The number of aromatic nitrogens is 5. The number of carboxylic acids is 1. The van der Waals surface area contributed by atoms with Crippen molar-refractivity contribution in [1.82, 2.24) is 33.9 Å². The third-order valence-corrected chi connectivity index (χ3v) is 16.9. The van der Waals surface area contributed by atoms with Crippen molar-refractivity contribution < 1.29 is 185 Å². The van der Waals surface area contributed by atoms with Gasteiger partial charge in [-0.2, -0.15) is 69.9 Å². The lowest BCUT2D eigenvalue weighted by Gasteiger charge is -2.21. The Balaban J connectivity index is 0.000000731. The number of phenols is 1. The van der Waals surface area contributed by atoms with E-state index in [-0.39, 0.29) is 83.1 Å². The molecular formula is C73H55Cl3F24N7O14SSi+. The third-order valence-electron chi connectivity index (χ3n) is 13.0. The Kier molecular flexibility index (Phi) is 40.1. The summed E-state index contributed by atoms with van der Waals surface area (Å²) in [5.41, 5.74) is -5.96. The first kappa shape index (κ1) is 107. The maximum Gasteiger partial charge on any atom is 0.522 e. The van der Waals surface area contributed by atoms with Gasteiger partial charge in [-0.3, -0.25) is 8.97 Å². The SMILES string of the molecule is C.C[N+](C)(C)c1ccc(C(=O)Oc2c(F)c(F)cc(F)c2F)cn1.C[N+](C)(C)c1ccc(C(=O)Oc2c(F)c(F)cc(F)c2F)cn1.C[Si](C)(C)OS(=O)(=O)C(F)(F)F.O=C(O)c1ccc(Cl)nc1.O=C(Oc1c(F)c(F)cc(F)c1F)c1ccc(Cl)nc1.O=C(Oc1c(F)c(F)cc(F)c1F)c1ccc([18F])nc1.Oc1c(F)c(F)cc(F)c1F.[2H]C#C.[Cl-]. The standard InChI is InChI=1S/2C15H13F4N2O2.C12H4ClF4NO2.C12H4F5NO2.C6H4ClNO2.C6H2F4O.C4H9F3O3SSi.C2H2.CH4.ClH/c2*1-21(2,3)11-5-4-8(7-20-11)15(22)23-14-12(18)9(16)6-10(17)13(14)19;13-8-2-1-5(4-18-8)12(19)20-11-9(16)6(14)3-7(15)10(11)17;13-6-3-7(14)10(17)11(9(6)16)20-12(19)5-1-2-8(15)18-4-5;7-5-2-1-4(3-8-5)6(9)10;7-2-1-3(8)5(10)6(11)4(2)9;1-12(2,3)10-11(8,9)4(5,6)7;1-2;;/h2*4-7H,1-3H3;2*1-4H;1-3H,(H,9,10);1,11H;1-3H3;1-2H;1H4;1H/q2*+1;;;;;;;;/p-1/i;;;15-1;;;;1D;;. The van der Waals surface area contributed by atoms with Crippen molar-refractivity contribution in [3.05, 3.63) is 282 Å². The fraction of sp³-hybridized carbons (Fsp3) is 0.151. The van der Waals surface area contributed by atoms with Gasteiger partial charge in [0.15, 0.2) is 63.9 Å². The second-order valence-electron chi connectivity index (χ2n) is 24.9. The Morgan fingerprint density at radius 3 is 0.805 bits per heavy atom. The van der Waals surface area contributed by atoms with Gasteiger partial charge in [-0.25, -0.2) is 92.8 Å². The summed E-state index contributed by atoms with van der Waals surface area (Å²) in [5, 5.41) is 17.1. The molecule has 0 fully saturated rings. The molecule has 0 amide bonds. The number of nitrogens with zero attached hydrogens (tertiary/aromatic N) is 7. The van der Waals surface area contributed by atoms with Gasteiger partial charge >= 0.3 is 45.5 Å². The molecule has 10 rings (SSSR count). The largest absolute Gasteiger partial charge is 1.00 e. The van der Waals surface area contributed by atoms with E-state index in [1.54, 1.807) is 0 Å². The quantitative estimate of drug-likeness (QED) is 0.0125. The molecule has 0 radical (unpaired) electrons. The first-order chi connectivity index (χ1) is 56.1. The maximum atomic E-state index is 13.5. The van der Waals surface area contributed by atoms with E-state index in [0.29, 0.717) is 25.8 Å². The highest BCUT2D eigenvalue weighted by molar-refractivity contribution is 7.88. The number of carbonyl (C=O) groups excluding carboxylic acids is 4. The van der Waals surface area contributed by atoms with E-state index in [9.17, 15) is 138 Å². The molecule has 0 saturated carbocycles. The number of aromatic hydroxyl groups is 1. The number of terminal acetylenes is 1. The molecule has 5 aromatic carbocycles. The minimum Gasteiger partial charge on any atom is -1.00 e. The average Bonchev–Trinajstić information content (AvgIpc) is 0.822. The summed E-state index contributed by atoms with van der Waals surface area (Å²) in [6.07, 6.45) is 11.0. The zero-order valence-electron chi connectivity index (χ0n) is 63.2. The molecule has 21 nitrogen and oxygen atoms in total. The second kappa shape index (κ2) is 46.2. The fourth-order valence-electron chi connectivity index (χ4n) is 7.41. The first-order valence-electron chi connectivity index (χ1n) is 31.9. The molecule has 0 bridgehead atoms. The van der Waals surface area contributed by atoms with Crippen LogP contribution in [0.15, 0.2) is 122 Å². The van der Waals surface area contributed by atoms with Crippen LogP contribution in [-0.4, -0.2) is 130 Å². The molecule has 50 heteroatoms. The van der Waals surface area contributed by atoms with Crippen molar-refractivity contribution in [3.63, 3.8) is 0 Å². The van der Waals surface area contributed by atoms with Crippen LogP contribution in [0, 0.1) is 135 Å². The van der Waals surface area contributed by atoms with Crippen molar-refractivity contribution in [3.8, 4) is 41.6 Å². The lowest BCUT2D eigenvalue weighted by Crippen LogP contribution is -3.00. The van der Waals surface area contributed by atoms with Gasteiger partial charge in [0.2, 0.25) is 107 Å². The zero-order chi connectivity index (χ0) is 93.5. The van der Waals surface area contributed by atoms with E-state index in [2.05, 4.69) is 54.2 Å². The summed E-state index contributed by atoms with van der Waals surface area (Å²) >= 11 is 10.9. The predicted octanol–water partition coefficient (Wildman–Crippen LogP) is 15.6. The number of hydrogen-bond acceptors (Lipinski definition) is 18. The van der Waals surface area contributed by atoms with Gasteiger partial charge in [0.25, 0.3) is 0 Å². The van der Waals surface area contributed by atoms with E-state index in [0.717, 1.165) is 36.9 Å². The Bertz CT molecular complexity index is 5240. The average molecular weight is 1880 g/mol. The predicted molar refractivity (Wildman–Crippen MR) is 386 cm³/mol. The lowest BCUT2D eigenvalue weighted by atomic mass is 10.2. The first-order valence-corrected chi connectivity index (χ1v) is 37.0. The van der Waals surface area contributed by atoms with Gasteiger partial charge < -0.3 is 45.4 Å². The molecule has 10 aromatic rings. The van der Waals surface area contributed by atoms with Crippen LogP contribution in [-0.2, 0) is 14.0 Å². The highest BCUT2D eigenvalue weighted by Crippen LogP contribution is 2.34. The maximum absolute atomic E-state index is 13.5. The van der Waals surface area contributed by atoms with Crippen LogP contribution in [0.5, 0.6) is 28.7 Å². The van der Waals surface area contributed by atoms with Crippen LogP contribution in [0.3, 0.4) is 0 Å². The number of benzene rings is 5. The number of pyridine rings is 5. The molecule has 2 N–H and O–H groups in total. The highest BCUT2D eigenvalue weighted by Gasteiger charge is 2.49. The summed E-state index contributed by atoms with van der Waals surface area (Å²) in [5.74, 6) is -47.8. The van der Waals surface area contributed by atoms with Crippen LogP contribution in [0.1, 0.15) is 60.6 Å². The van der Waals surface area contributed by atoms with Gasteiger partial charge in [0.05, 0.1) is 70.1 Å². The molecule has 0 unspecified atom stereocenters. The topological polar surface area (TPSA) is 271 Å². The van der Waals surface area contributed by atoms with Crippen molar-refractivity contribution in [2.45, 2.75) is 32.6 Å². The van der Waals surface area contributed by atoms with Crippen molar-refractivity contribution in [1.29, 1.82) is 0 Å². The summed E-state index contributed by atoms with van der Waals surface area (Å²) in [6.45, 7) is 4.07. The highest BCUT2D eigenvalue weighted by atomic mass is 35.5. The minimum absolute atomic E-state index is 0. The van der Waals surface area contributed by atoms with Gasteiger partial charge in [-0.05, 0) is 68.2 Å². The molecule has 123 heavy (non-hydrogen) atoms. The van der Waals surface area contributed by atoms with Gasteiger partial charge in [0.1, 0.15) is 11.7 Å². The molecule has 0 spiro atoms. The fourth-order valence-corrected chi connectivity index (χ4v) is 10.6. The number of carboxylic acid groups (broad SMARTS) is 1. The molecule has 664 valence electrons. The van der Waals surface area contributed by atoms with Crippen molar-refractivity contribution >= 4 is 83.1 Å². The number of esters is 4. The van der Waals surface area contributed by atoms with Crippen LogP contribution in [0.4, 0.5) is 117 Å². The Morgan fingerprint density at radius 1 is 0.407 bits per heavy atom. The van der Waals surface area contributed by atoms with E-state index in [4.69, 9.17) is 34.8 Å². The van der Waals surface area contributed by atoms with Crippen LogP contribution < -0.4 is 40.3 Å². The zero-order valence-corrected chi connectivity index (χ0v) is 66.2. The number of aromatic carboxylic acids is 1. The number of phenolic OH excluding ortho intramolecular Hbond substituents is 1. The summed E-state index contributed by atoms with van der Waals surface area (Å²) in [6, 6.07) is 12.7. The van der Waals surface area contributed by atoms with Gasteiger partial charge in [-0.15, -0.1) is 12.8 Å². The number of hydrogen-bond donors (Lipinski definition) is 2. The summed E-state index contributed by atoms with van der Waals surface area (Å²) in [4.78, 5) is 75.3. The molecule has 0 saturated heterocycles. The molecule has 0 aliphatic rings. The van der Waals surface area contributed by atoms with Crippen molar-refractivity contribution in [2.75, 3.05) is 42.3 Å². The number of ether oxygens (including phenoxy) is 4. The number of alkyl halides is 3. The number of quaternary nitrogens is 2. The lowest BCUT2D eigenvalue weighted by molar-refractivity contribution is -0.0503. The van der Waals surface area contributed by atoms with E-state index in [1.807, 2.05) is 42.3 Å². The van der Waals surface area contributed by atoms with E-state index < -0.39 is 205 Å².